The predicted molar refractivity (Wildman–Crippen MR) is 98.7 cm³/mol. The van der Waals surface area contributed by atoms with Gasteiger partial charge >= 0.3 is 0 Å². The topological polar surface area (TPSA) is 40.9 Å². The SMILES string of the molecule is CC(C)c1ccc2nc(/N=N/c3ccc(N(C)C)cc3)sc2c1. The summed E-state index contributed by atoms with van der Waals surface area (Å²) in [6.45, 7) is 4.39. The maximum Gasteiger partial charge on any atom is 0.231 e. The zero-order valence-electron chi connectivity index (χ0n) is 13.8. The second kappa shape index (κ2) is 6.46. The maximum absolute atomic E-state index is 4.52. The van der Waals surface area contributed by atoms with Gasteiger partial charge in [0.1, 0.15) is 0 Å². The second-order valence-electron chi connectivity index (χ2n) is 5.99. The summed E-state index contributed by atoms with van der Waals surface area (Å²) in [4.78, 5) is 6.58. The van der Waals surface area contributed by atoms with Gasteiger partial charge in [0.05, 0.1) is 15.9 Å². The number of hydrogen-bond donors (Lipinski definition) is 0. The Bertz CT molecular complexity index is 832. The van der Waals surface area contributed by atoms with E-state index in [9.17, 15) is 0 Å². The number of hydrogen-bond acceptors (Lipinski definition) is 5. The molecule has 0 bridgehead atoms. The molecule has 0 aliphatic carbocycles. The Labute approximate surface area is 140 Å². The number of nitrogens with zero attached hydrogens (tertiary/aromatic N) is 4. The van der Waals surface area contributed by atoms with Crippen molar-refractivity contribution >= 4 is 38.1 Å². The van der Waals surface area contributed by atoms with Crippen LogP contribution in [0.15, 0.2) is 52.7 Å². The van der Waals surface area contributed by atoms with Crippen molar-refractivity contribution in [2.75, 3.05) is 19.0 Å². The van der Waals surface area contributed by atoms with Crippen molar-refractivity contribution in [3.8, 4) is 0 Å². The third-order valence-electron chi connectivity index (χ3n) is 3.68. The van der Waals surface area contributed by atoms with Crippen LogP contribution in [0.1, 0.15) is 25.3 Å². The average molecular weight is 324 g/mol. The molecule has 5 heteroatoms. The van der Waals surface area contributed by atoms with Gasteiger partial charge in [0.25, 0.3) is 0 Å². The number of fused-ring (bicyclic) bond motifs is 1. The molecule has 0 amide bonds. The highest BCUT2D eigenvalue weighted by Gasteiger charge is 2.06. The number of benzene rings is 2. The fourth-order valence-electron chi connectivity index (χ4n) is 2.25. The van der Waals surface area contributed by atoms with Gasteiger partial charge < -0.3 is 4.90 Å². The zero-order valence-corrected chi connectivity index (χ0v) is 14.6. The fraction of sp³-hybridized carbons (Fsp3) is 0.278. The van der Waals surface area contributed by atoms with Gasteiger partial charge in [0.15, 0.2) is 0 Å². The Kier molecular flexibility index (Phi) is 4.39. The minimum Gasteiger partial charge on any atom is -0.378 e. The molecule has 0 aliphatic rings. The van der Waals surface area contributed by atoms with Gasteiger partial charge in [0.2, 0.25) is 5.13 Å². The van der Waals surface area contributed by atoms with Crippen LogP contribution in [-0.4, -0.2) is 19.1 Å². The van der Waals surface area contributed by atoms with E-state index in [1.807, 2.05) is 38.4 Å². The highest BCUT2D eigenvalue weighted by Crippen LogP contribution is 2.31. The summed E-state index contributed by atoms with van der Waals surface area (Å²) in [5.74, 6) is 0.516. The molecular weight excluding hydrogens is 304 g/mol. The lowest BCUT2D eigenvalue weighted by atomic mass is 10.0. The Morgan fingerprint density at radius 1 is 1.00 bits per heavy atom. The standard InChI is InChI=1S/C18H20N4S/c1-12(2)13-5-10-16-17(11-13)23-18(19-16)21-20-14-6-8-15(9-7-14)22(3)4/h5-12H,1-4H3/b21-20+. The van der Waals surface area contributed by atoms with Gasteiger partial charge in [-0.15, -0.1) is 10.2 Å². The van der Waals surface area contributed by atoms with E-state index in [0.717, 1.165) is 21.6 Å². The first-order chi connectivity index (χ1) is 11.0. The third kappa shape index (κ3) is 3.56. The Balaban J connectivity index is 1.83. The molecule has 0 unspecified atom stereocenters. The molecular formula is C18H20N4S. The molecule has 1 aromatic heterocycles. The van der Waals surface area contributed by atoms with Gasteiger partial charge in [-0.1, -0.05) is 31.3 Å². The lowest BCUT2D eigenvalue weighted by Crippen LogP contribution is -2.07. The Morgan fingerprint density at radius 2 is 1.74 bits per heavy atom. The van der Waals surface area contributed by atoms with Crippen LogP contribution >= 0.6 is 11.3 Å². The lowest BCUT2D eigenvalue weighted by molar-refractivity contribution is 0.869. The summed E-state index contributed by atoms with van der Waals surface area (Å²) in [6, 6.07) is 14.4. The van der Waals surface area contributed by atoms with Crippen LogP contribution in [0.3, 0.4) is 0 Å². The zero-order chi connectivity index (χ0) is 16.4. The Hall–Kier alpha value is -2.27. The number of anilines is 1. The van der Waals surface area contributed by atoms with Crippen molar-refractivity contribution in [3.05, 3.63) is 48.0 Å². The Morgan fingerprint density at radius 3 is 2.39 bits per heavy atom. The molecule has 0 saturated carbocycles. The molecule has 23 heavy (non-hydrogen) atoms. The molecule has 0 atom stereocenters. The van der Waals surface area contributed by atoms with Gasteiger partial charge in [-0.2, -0.15) is 0 Å². The van der Waals surface area contributed by atoms with E-state index in [0.29, 0.717) is 11.0 Å². The first-order valence-electron chi connectivity index (χ1n) is 7.62. The normalized spacial score (nSPS) is 11.7. The van der Waals surface area contributed by atoms with Crippen LogP contribution in [0, 0.1) is 0 Å². The van der Waals surface area contributed by atoms with Gasteiger partial charge in [-0.25, -0.2) is 4.98 Å². The number of thiazole rings is 1. The predicted octanol–water partition coefficient (Wildman–Crippen LogP) is 5.90. The minimum atomic E-state index is 0.516. The molecule has 0 N–H and O–H groups in total. The van der Waals surface area contributed by atoms with Crippen molar-refractivity contribution in [1.29, 1.82) is 0 Å². The van der Waals surface area contributed by atoms with Crippen molar-refractivity contribution in [3.63, 3.8) is 0 Å². The van der Waals surface area contributed by atoms with Crippen molar-refractivity contribution < 1.29 is 0 Å². The van der Waals surface area contributed by atoms with E-state index in [-0.39, 0.29) is 0 Å². The summed E-state index contributed by atoms with van der Waals surface area (Å²) in [7, 11) is 4.03. The molecule has 2 aromatic carbocycles. The quantitative estimate of drug-likeness (QED) is 0.560. The van der Waals surface area contributed by atoms with E-state index in [1.165, 1.54) is 5.56 Å². The molecule has 118 valence electrons. The first-order valence-corrected chi connectivity index (χ1v) is 8.44. The van der Waals surface area contributed by atoms with E-state index in [2.05, 4.69) is 52.2 Å². The van der Waals surface area contributed by atoms with E-state index in [4.69, 9.17) is 0 Å². The van der Waals surface area contributed by atoms with Gasteiger partial charge in [0, 0.05) is 19.8 Å². The van der Waals surface area contributed by atoms with E-state index < -0.39 is 0 Å². The summed E-state index contributed by atoms with van der Waals surface area (Å²) in [6.07, 6.45) is 0. The highest BCUT2D eigenvalue weighted by molar-refractivity contribution is 7.21. The minimum absolute atomic E-state index is 0.516. The fourth-order valence-corrected chi connectivity index (χ4v) is 3.08. The average Bonchev–Trinajstić information content (AvgIpc) is 2.95. The molecule has 0 aliphatic heterocycles. The van der Waals surface area contributed by atoms with Crippen LogP contribution in [0.25, 0.3) is 10.2 Å². The number of azo groups is 1. The molecule has 0 fully saturated rings. The summed E-state index contributed by atoms with van der Waals surface area (Å²) in [5.41, 5.74) is 4.28. The molecule has 1 heterocycles. The molecule has 0 radical (unpaired) electrons. The molecule has 0 spiro atoms. The molecule has 3 aromatic rings. The van der Waals surface area contributed by atoms with Crippen LogP contribution < -0.4 is 4.90 Å². The summed E-state index contributed by atoms with van der Waals surface area (Å²) >= 11 is 1.58. The highest BCUT2D eigenvalue weighted by atomic mass is 32.1. The molecule has 3 rings (SSSR count). The smallest absolute Gasteiger partial charge is 0.231 e. The lowest BCUT2D eigenvalue weighted by Gasteiger charge is -2.11. The van der Waals surface area contributed by atoms with Crippen molar-refractivity contribution in [2.45, 2.75) is 19.8 Å². The van der Waals surface area contributed by atoms with E-state index >= 15 is 0 Å². The van der Waals surface area contributed by atoms with Crippen LogP contribution in [-0.2, 0) is 0 Å². The monoisotopic (exact) mass is 324 g/mol. The van der Waals surface area contributed by atoms with Crippen LogP contribution in [0.2, 0.25) is 0 Å². The summed E-state index contributed by atoms with van der Waals surface area (Å²) < 4.78 is 1.16. The van der Waals surface area contributed by atoms with Crippen molar-refractivity contribution in [2.24, 2.45) is 10.2 Å². The van der Waals surface area contributed by atoms with E-state index in [1.54, 1.807) is 11.3 Å². The molecule has 4 nitrogen and oxygen atoms in total. The van der Waals surface area contributed by atoms with Gasteiger partial charge in [-0.05, 0) is 47.9 Å². The maximum atomic E-state index is 4.52. The number of rotatable bonds is 4. The van der Waals surface area contributed by atoms with Crippen LogP contribution in [0.5, 0.6) is 0 Å². The van der Waals surface area contributed by atoms with Crippen LogP contribution in [0.4, 0.5) is 16.5 Å². The second-order valence-corrected chi connectivity index (χ2v) is 7.00. The van der Waals surface area contributed by atoms with Gasteiger partial charge in [-0.3, -0.25) is 0 Å². The third-order valence-corrected chi connectivity index (χ3v) is 4.59. The largest absolute Gasteiger partial charge is 0.378 e. The molecule has 0 saturated heterocycles. The number of aromatic nitrogens is 1. The summed E-state index contributed by atoms with van der Waals surface area (Å²) in [5, 5.41) is 9.26. The van der Waals surface area contributed by atoms with Crippen molar-refractivity contribution in [1.82, 2.24) is 4.98 Å². The first kappa shape index (κ1) is 15.6.